The van der Waals surface area contributed by atoms with E-state index in [1.54, 1.807) is 0 Å². The van der Waals surface area contributed by atoms with E-state index in [2.05, 4.69) is 127 Å². The Morgan fingerprint density at radius 3 is 1.73 bits per heavy atom. The Morgan fingerprint density at radius 2 is 1.39 bits per heavy atom. The molecule has 0 saturated carbocycles. The molecule has 0 unspecified atom stereocenters. The van der Waals surface area contributed by atoms with E-state index < -0.39 is 0 Å². The van der Waals surface area contributed by atoms with Crippen molar-refractivity contribution in [3.8, 4) is 5.75 Å². The van der Waals surface area contributed by atoms with E-state index in [0.717, 1.165) is 12.2 Å². The van der Waals surface area contributed by atoms with Gasteiger partial charge in [0.1, 0.15) is 5.75 Å². The van der Waals surface area contributed by atoms with Crippen LogP contribution in [-0.4, -0.2) is 3.81 Å². The number of ether oxygens (including phenoxy) is 1. The van der Waals surface area contributed by atoms with Gasteiger partial charge in [-0.15, -0.1) is 6.42 Å². The molecule has 0 aliphatic heterocycles. The van der Waals surface area contributed by atoms with Crippen LogP contribution in [0, 0.1) is 22.3 Å². The standard InChI is InChI=1S/C19H28O.C9H13.C3H6.Ti/c1-15(18(2,3)4)13-16(19(5,6)7)14-20-17-11-9-8-10-12-17;1-9(2,3)8-6-4-5-7-8;1-3-2;/h8-14H,1-7H3;6-7H,4H2,1-3H3;1-2H3;/q;-1;;+1. The van der Waals surface area contributed by atoms with Crippen LogP contribution >= 0.6 is 0 Å². The molecular weight excluding hydrogens is 436 g/mol. The Labute approximate surface area is 217 Å². The molecule has 0 bridgehead atoms. The fourth-order valence-electron chi connectivity index (χ4n) is 2.43. The van der Waals surface area contributed by atoms with Gasteiger partial charge in [-0.25, -0.2) is 6.08 Å². The second-order valence-electron chi connectivity index (χ2n) is 11.8. The summed E-state index contributed by atoms with van der Waals surface area (Å²) in [6.45, 7) is 26.3. The third-order valence-electron chi connectivity index (χ3n) is 5.05. The van der Waals surface area contributed by atoms with Crippen molar-refractivity contribution in [1.82, 2.24) is 0 Å². The van der Waals surface area contributed by atoms with Gasteiger partial charge >= 0.3 is 37.6 Å². The Kier molecular flexibility index (Phi) is 13.5. The second-order valence-corrected chi connectivity index (χ2v) is 13.4. The molecule has 2 rings (SSSR count). The van der Waals surface area contributed by atoms with Gasteiger partial charge in [0.2, 0.25) is 0 Å². The molecule has 33 heavy (non-hydrogen) atoms. The van der Waals surface area contributed by atoms with Crippen molar-refractivity contribution in [2.24, 2.45) is 16.2 Å². The number of allylic oxidation sites excluding steroid dienone is 7. The minimum absolute atomic E-state index is 0.0568. The molecule has 2 heteroatoms. The number of benzene rings is 1. The number of hydrogen-bond donors (Lipinski definition) is 0. The van der Waals surface area contributed by atoms with Crippen LogP contribution in [0.3, 0.4) is 0 Å². The summed E-state index contributed by atoms with van der Waals surface area (Å²) in [5.74, 6) is 0.871. The van der Waals surface area contributed by atoms with Crippen LogP contribution in [0.5, 0.6) is 5.75 Å². The van der Waals surface area contributed by atoms with Crippen LogP contribution in [0.15, 0.2) is 71.5 Å². The monoisotopic (exact) mass is 483 g/mol. The van der Waals surface area contributed by atoms with Gasteiger partial charge in [0.15, 0.2) is 0 Å². The molecule has 1 aliphatic carbocycles. The second kappa shape index (κ2) is 14.1. The molecule has 0 spiro atoms. The van der Waals surface area contributed by atoms with E-state index in [9.17, 15) is 0 Å². The normalized spacial score (nSPS) is 14.5. The zero-order valence-electron chi connectivity index (χ0n) is 23.3. The molecule has 1 aromatic rings. The van der Waals surface area contributed by atoms with Crippen molar-refractivity contribution in [1.29, 1.82) is 0 Å². The zero-order valence-corrected chi connectivity index (χ0v) is 24.9. The Bertz CT molecular complexity index is 841. The van der Waals surface area contributed by atoms with Gasteiger partial charge in [-0.05, 0) is 35.5 Å². The molecular formula is C31H47OTi. The van der Waals surface area contributed by atoms with Gasteiger partial charge in [0.25, 0.3) is 0 Å². The molecule has 0 N–H and O–H groups in total. The topological polar surface area (TPSA) is 9.23 Å². The average Bonchev–Trinajstić information content (AvgIpc) is 3.19. The molecule has 0 heterocycles. The van der Waals surface area contributed by atoms with Crippen LogP contribution in [0.4, 0.5) is 0 Å². The van der Waals surface area contributed by atoms with Crippen molar-refractivity contribution in [2.75, 3.05) is 0 Å². The molecule has 181 valence electrons. The van der Waals surface area contributed by atoms with Gasteiger partial charge in [0.05, 0.1) is 6.26 Å². The predicted octanol–water partition coefficient (Wildman–Crippen LogP) is 9.46. The maximum absolute atomic E-state index is 5.80. The van der Waals surface area contributed by atoms with E-state index in [1.807, 2.05) is 36.6 Å². The summed E-state index contributed by atoms with van der Waals surface area (Å²) in [7, 11) is 0. The third kappa shape index (κ3) is 15.2. The molecule has 0 atom stereocenters. The fraction of sp³-hybridized carbons (Fsp3) is 0.516. The molecule has 0 fully saturated rings. The van der Waals surface area contributed by atoms with Gasteiger partial charge in [-0.3, -0.25) is 6.08 Å². The van der Waals surface area contributed by atoms with Crippen LogP contribution in [-0.2, 0) is 20.0 Å². The summed E-state index contributed by atoms with van der Waals surface area (Å²) in [5.41, 5.74) is 4.54. The number of hydrogen-bond acceptors (Lipinski definition) is 1. The van der Waals surface area contributed by atoms with Crippen LogP contribution in [0.25, 0.3) is 0 Å². The Balaban J connectivity index is 0.000000645. The van der Waals surface area contributed by atoms with Crippen molar-refractivity contribution in [2.45, 2.75) is 89.5 Å². The summed E-state index contributed by atoms with van der Waals surface area (Å²) in [5, 5.41) is 0. The first-order chi connectivity index (χ1) is 14.9. The molecule has 0 saturated heterocycles. The van der Waals surface area contributed by atoms with Gasteiger partial charge in [-0.1, -0.05) is 97.6 Å². The van der Waals surface area contributed by atoms with Gasteiger partial charge in [0, 0.05) is 0 Å². The van der Waals surface area contributed by atoms with E-state index in [1.165, 1.54) is 20.5 Å². The third-order valence-corrected chi connectivity index (χ3v) is 5.05. The minimum atomic E-state index is 0.0568. The van der Waals surface area contributed by atoms with Gasteiger partial charge < -0.3 is 4.74 Å². The Hall–Kier alpha value is -1.44. The predicted molar refractivity (Wildman–Crippen MR) is 144 cm³/mol. The number of para-hydroxylation sites is 1. The van der Waals surface area contributed by atoms with Crippen LogP contribution in [0.1, 0.15) is 89.5 Å². The quantitative estimate of drug-likeness (QED) is 0.180. The first-order valence-electron chi connectivity index (χ1n) is 11.8. The molecule has 1 nitrogen and oxygen atoms in total. The van der Waals surface area contributed by atoms with Crippen LogP contribution < -0.4 is 4.74 Å². The summed E-state index contributed by atoms with van der Waals surface area (Å²) < 4.78 is 7.22. The molecule has 0 aromatic heterocycles. The summed E-state index contributed by atoms with van der Waals surface area (Å²) in [6.07, 6.45) is 12.6. The van der Waals surface area contributed by atoms with E-state index in [-0.39, 0.29) is 10.8 Å². The Morgan fingerprint density at radius 1 is 0.879 bits per heavy atom. The summed E-state index contributed by atoms with van der Waals surface area (Å²) in [4.78, 5) is 0. The summed E-state index contributed by atoms with van der Waals surface area (Å²) >= 11 is 2.08. The molecule has 1 aromatic carbocycles. The van der Waals surface area contributed by atoms with Gasteiger partial charge in [-0.2, -0.15) is 11.6 Å². The molecule has 0 amide bonds. The van der Waals surface area contributed by atoms with E-state index >= 15 is 0 Å². The van der Waals surface area contributed by atoms with E-state index in [4.69, 9.17) is 4.74 Å². The van der Waals surface area contributed by atoms with Crippen molar-refractivity contribution in [3.05, 3.63) is 77.6 Å². The van der Waals surface area contributed by atoms with Crippen molar-refractivity contribution in [3.63, 3.8) is 0 Å². The zero-order chi connectivity index (χ0) is 25.9. The van der Waals surface area contributed by atoms with E-state index in [0.29, 0.717) is 5.41 Å². The first kappa shape index (κ1) is 31.6. The SMILES string of the molecule is CC(=CC(=COc1ccccc1)C(C)(C)C)C(C)(C)C.CC(C)(C)C1=CC[C-]=C1.C[C](C)=[Ti+]. The van der Waals surface area contributed by atoms with Crippen molar-refractivity contribution >= 4 is 3.81 Å². The average molecular weight is 484 g/mol. The van der Waals surface area contributed by atoms with Crippen LogP contribution in [0.2, 0.25) is 0 Å². The van der Waals surface area contributed by atoms with Crippen molar-refractivity contribution < 1.29 is 24.7 Å². The molecule has 0 radical (unpaired) electrons. The summed E-state index contributed by atoms with van der Waals surface area (Å²) in [6, 6.07) is 9.89. The molecule has 1 aliphatic rings. The fourth-order valence-corrected chi connectivity index (χ4v) is 2.43. The number of rotatable bonds is 3. The first-order valence-corrected chi connectivity index (χ1v) is 12.6. The maximum atomic E-state index is 5.80.